The molecule has 3 heterocycles. The summed E-state index contributed by atoms with van der Waals surface area (Å²) in [5.41, 5.74) is 1.25. The molecule has 7 heteroatoms. The van der Waals surface area contributed by atoms with Gasteiger partial charge in [0.1, 0.15) is 11.5 Å². The summed E-state index contributed by atoms with van der Waals surface area (Å²) in [7, 11) is 0. The Hall–Kier alpha value is -1.99. The second-order valence-corrected chi connectivity index (χ2v) is 5.79. The molecule has 2 aromatic heterocycles. The summed E-state index contributed by atoms with van der Waals surface area (Å²) in [6.45, 7) is 4.89. The summed E-state index contributed by atoms with van der Waals surface area (Å²) >= 11 is 1.01. The van der Waals surface area contributed by atoms with Crippen molar-refractivity contribution in [3.05, 3.63) is 41.9 Å². The van der Waals surface area contributed by atoms with Gasteiger partial charge in [-0.15, -0.1) is 0 Å². The zero-order valence-corrected chi connectivity index (χ0v) is 13.0. The minimum absolute atomic E-state index is 0.154. The summed E-state index contributed by atoms with van der Waals surface area (Å²) in [4.78, 5) is 27.2. The Labute approximate surface area is 132 Å². The van der Waals surface area contributed by atoms with Gasteiger partial charge in [0.15, 0.2) is 5.16 Å². The molecule has 0 N–H and O–H groups in total. The van der Waals surface area contributed by atoms with Gasteiger partial charge in [0.25, 0.3) is 0 Å². The molecule has 0 saturated carbocycles. The van der Waals surface area contributed by atoms with E-state index in [4.69, 9.17) is 4.74 Å². The number of carbonyl (C=O) groups excluding carboxylic acids is 1. The highest BCUT2D eigenvalue weighted by Crippen LogP contribution is 2.22. The first-order chi connectivity index (χ1) is 10.7. The number of morpholine rings is 1. The number of aryl methyl sites for hydroxylation is 1. The molecule has 114 valence electrons. The average molecular weight is 316 g/mol. The molecule has 1 aliphatic rings. The maximum atomic E-state index is 12.2. The van der Waals surface area contributed by atoms with Crippen molar-refractivity contribution in [2.24, 2.45) is 0 Å². The zero-order valence-electron chi connectivity index (χ0n) is 12.2. The fourth-order valence-corrected chi connectivity index (χ4v) is 2.86. The van der Waals surface area contributed by atoms with Crippen molar-refractivity contribution in [1.82, 2.24) is 15.0 Å². The number of hydrogen-bond acceptors (Lipinski definition) is 7. The third kappa shape index (κ3) is 3.61. The number of aromatic nitrogens is 3. The molecule has 6 nitrogen and oxygen atoms in total. The number of rotatable bonds is 3. The molecule has 0 unspecified atom stereocenters. The van der Waals surface area contributed by atoms with Gasteiger partial charge in [0.05, 0.1) is 13.2 Å². The van der Waals surface area contributed by atoms with Gasteiger partial charge in [0.2, 0.25) is 5.12 Å². The van der Waals surface area contributed by atoms with Gasteiger partial charge in [0, 0.05) is 31.0 Å². The van der Waals surface area contributed by atoms with E-state index in [0.29, 0.717) is 24.1 Å². The maximum Gasteiger partial charge on any atom is 0.245 e. The van der Waals surface area contributed by atoms with E-state index in [1.807, 2.05) is 13.0 Å². The van der Waals surface area contributed by atoms with E-state index in [2.05, 4.69) is 19.9 Å². The highest BCUT2D eigenvalue weighted by Gasteiger charge is 2.16. The number of hydrogen-bond donors (Lipinski definition) is 0. The van der Waals surface area contributed by atoms with E-state index < -0.39 is 0 Å². The minimum atomic E-state index is -0.154. The molecule has 0 amide bonds. The summed E-state index contributed by atoms with van der Waals surface area (Å²) in [5.74, 6) is 0.840. The fraction of sp³-hybridized carbons (Fsp3) is 0.333. The average Bonchev–Trinajstić information content (AvgIpc) is 2.56. The second kappa shape index (κ2) is 6.85. The zero-order chi connectivity index (χ0) is 15.4. The fourth-order valence-electron chi connectivity index (χ4n) is 2.14. The van der Waals surface area contributed by atoms with Crippen LogP contribution in [0, 0.1) is 6.92 Å². The van der Waals surface area contributed by atoms with E-state index >= 15 is 0 Å². The predicted octanol–water partition coefficient (Wildman–Crippen LogP) is 1.95. The minimum Gasteiger partial charge on any atom is -0.378 e. The van der Waals surface area contributed by atoms with Gasteiger partial charge in [-0.25, -0.2) is 9.97 Å². The van der Waals surface area contributed by atoms with Gasteiger partial charge in [-0.05, 0) is 30.8 Å². The Morgan fingerprint density at radius 2 is 2.09 bits per heavy atom. The molecule has 3 rings (SSSR count). The molecule has 1 fully saturated rings. The van der Waals surface area contributed by atoms with Gasteiger partial charge >= 0.3 is 0 Å². The van der Waals surface area contributed by atoms with E-state index in [-0.39, 0.29) is 5.12 Å². The molecule has 0 aliphatic carbocycles. The topological polar surface area (TPSA) is 68.2 Å². The molecule has 1 aliphatic heterocycles. The largest absolute Gasteiger partial charge is 0.378 e. The third-order valence-electron chi connectivity index (χ3n) is 3.21. The first kappa shape index (κ1) is 14.9. The van der Waals surface area contributed by atoms with Crippen LogP contribution in [0.25, 0.3) is 0 Å². The normalized spacial score (nSPS) is 14.9. The second-order valence-electron chi connectivity index (χ2n) is 4.85. The number of nitrogens with zero attached hydrogens (tertiary/aromatic N) is 4. The number of anilines is 1. The van der Waals surface area contributed by atoms with E-state index in [1.165, 1.54) is 0 Å². The third-order valence-corrected chi connectivity index (χ3v) is 3.97. The van der Waals surface area contributed by atoms with Gasteiger partial charge in [-0.2, -0.15) is 0 Å². The molecular weight excluding hydrogens is 300 g/mol. The van der Waals surface area contributed by atoms with Crippen LogP contribution in [0.4, 0.5) is 5.82 Å². The molecule has 22 heavy (non-hydrogen) atoms. The standard InChI is InChI=1S/C15H16N4O2S/c1-11-10-13(19-6-8-21-9-7-19)18-15(17-11)22-14(20)12-4-2-3-5-16-12/h2-5,10H,6-9H2,1H3. The smallest absolute Gasteiger partial charge is 0.245 e. The van der Waals surface area contributed by atoms with Crippen molar-refractivity contribution >= 4 is 22.7 Å². The summed E-state index contributed by atoms with van der Waals surface area (Å²) < 4.78 is 5.35. The van der Waals surface area contributed by atoms with Crippen LogP contribution >= 0.6 is 11.8 Å². The van der Waals surface area contributed by atoms with Crippen LogP contribution in [0.2, 0.25) is 0 Å². The Balaban J connectivity index is 1.79. The van der Waals surface area contributed by atoms with Crippen molar-refractivity contribution in [3.63, 3.8) is 0 Å². The van der Waals surface area contributed by atoms with Crippen LogP contribution in [0.5, 0.6) is 0 Å². The van der Waals surface area contributed by atoms with E-state index in [0.717, 1.165) is 36.4 Å². The van der Waals surface area contributed by atoms with E-state index in [1.54, 1.807) is 24.4 Å². The van der Waals surface area contributed by atoms with Crippen LogP contribution in [0.3, 0.4) is 0 Å². The molecule has 0 atom stereocenters. The van der Waals surface area contributed by atoms with Crippen molar-refractivity contribution in [1.29, 1.82) is 0 Å². The quantitative estimate of drug-likeness (QED) is 0.633. The number of pyridine rings is 1. The first-order valence-electron chi connectivity index (χ1n) is 7.04. The Morgan fingerprint density at radius 1 is 1.27 bits per heavy atom. The monoisotopic (exact) mass is 316 g/mol. The molecule has 0 bridgehead atoms. The lowest BCUT2D eigenvalue weighted by molar-refractivity contribution is 0.108. The highest BCUT2D eigenvalue weighted by molar-refractivity contribution is 8.14. The summed E-state index contributed by atoms with van der Waals surface area (Å²) in [6, 6.07) is 7.19. The Bertz CT molecular complexity index is 660. The molecular formula is C15H16N4O2S. The maximum absolute atomic E-state index is 12.2. The molecule has 0 aromatic carbocycles. The lowest BCUT2D eigenvalue weighted by atomic mass is 10.3. The SMILES string of the molecule is Cc1cc(N2CCOCC2)nc(SC(=O)c2ccccn2)n1. The number of ether oxygens (including phenoxy) is 1. The van der Waals surface area contributed by atoms with Crippen molar-refractivity contribution < 1.29 is 9.53 Å². The first-order valence-corrected chi connectivity index (χ1v) is 7.85. The molecule has 2 aromatic rings. The highest BCUT2D eigenvalue weighted by atomic mass is 32.2. The Kier molecular flexibility index (Phi) is 4.65. The van der Waals surface area contributed by atoms with Gasteiger partial charge in [-0.1, -0.05) is 6.07 Å². The Morgan fingerprint density at radius 3 is 2.82 bits per heavy atom. The molecule has 1 saturated heterocycles. The number of thioether (sulfide) groups is 1. The van der Waals surface area contributed by atoms with Gasteiger partial charge in [-0.3, -0.25) is 9.78 Å². The summed E-state index contributed by atoms with van der Waals surface area (Å²) in [6.07, 6.45) is 1.60. The molecule has 0 spiro atoms. The van der Waals surface area contributed by atoms with Crippen LogP contribution < -0.4 is 4.90 Å². The summed E-state index contributed by atoms with van der Waals surface area (Å²) in [5, 5.41) is 0.302. The van der Waals surface area contributed by atoms with Crippen LogP contribution in [-0.4, -0.2) is 46.4 Å². The number of carbonyl (C=O) groups is 1. The lowest BCUT2D eigenvalue weighted by Gasteiger charge is -2.28. The van der Waals surface area contributed by atoms with E-state index in [9.17, 15) is 4.79 Å². The van der Waals surface area contributed by atoms with Crippen LogP contribution in [0.1, 0.15) is 16.2 Å². The molecule has 0 radical (unpaired) electrons. The lowest BCUT2D eigenvalue weighted by Crippen LogP contribution is -2.36. The predicted molar refractivity (Wildman–Crippen MR) is 84.2 cm³/mol. The van der Waals surface area contributed by atoms with Crippen molar-refractivity contribution in [2.75, 3.05) is 31.2 Å². The van der Waals surface area contributed by atoms with Crippen molar-refractivity contribution in [2.45, 2.75) is 12.1 Å². The van der Waals surface area contributed by atoms with Crippen LogP contribution in [-0.2, 0) is 4.74 Å². The van der Waals surface area contributed by atoms with Gasteiger partial charge < -0.3 is 9.64 Å². The van der Waals surface area contributed by atoms with Crippen molar-refractivity contribution in [3.8, 4) is 0 Å². The van der Waals surface area contributed by atoms with Crippen LogP contribution in [0.15, 0.2) is 35.6 Å².